The van der Waals surface area contributed by atoms with Crippen molar-refractivity contribution in [1.29, 1.82) is 0 Å². The molecule has 0 aliphatic rings. The molecule has 0 saturated heterocycles. The fourth-order valence-corrected chi connectivity index (χ4v) is 3.49. The van der Waals surface area contributed by atoms with Gasteiger partial charge in [-0.15, -0.1) is 11.3 Å². The van der Waals surface area contributed by atoms with Gasteiger partial charge in [-0.2, -0.15) is 0 Å². The lowest BCUT2D eigenvalue weighted by atomic mass is 9.99. The Hall–Kier alpha value is -0.910. The number of rotatable bonds is 2. The van der Waals surface area contributed by atoms with Crippen LogP contribution in [0.25, 0.3) is 10.8 Å². The molecule has 2 aromatic carbocycles. The normalized spacial score (nSPS) is 12.8. The minimum absolute atomic E-state index is 0.0330. The first-order valence-electron chi connectivity index (χ1n) is 5.72. The molecule has 1 unspecified atom stereocenters. The summed E-state index contributed by atoms with van der Waals surface area (Å²) in [5.41, 5.74) is 8.69. The zero-order valence-corrected chi connectivity index (χ0v) is 12.6. The molecule has 0 saturated carbocycles. The zero-order chi connectivity index (χ0) is 12.5. The van der Waals surface area contributed by atoms with Crippen LogP contribution in [-0.2, 0) is 0 Å². The van der Waals surface area contributed by atoms with Crippen LogP contribution in [0, 0.1) is 2.88 Å². The Morgan fingerprint density at radius 1 is 0.944 bits per heavy atom. The molecule has 1 nitrogen and oxygen atoms in total. The van der Waals surface area contributed by atoms with Crippen molar-refractivity contribution >= 4 is 44.7 Å². The molecule has 0 spiro atoms. The molecule has 1 heterocycles. The standard InChI is InChI=1S/C15H12INS/c16-14-8-13(9-18-14)15(17)12-6-5-10-3-1-2-4-11(10)7-12/h1-9,15H,17H2. The van der Waals surface area contributed by atoms with Crippen molar-refractivity contribution in [2.24, 2.45) is 5.73 Å². The SMILES string of the molecule is NC(c1csc(I)c1)c1ccc2ccccc2c1. The molecule has 0 radical (unpaired) electrons. The number of fused-ring (bicyclic) bond motifs is 1. The second-order valence-corrected chi connectivity index (χ2v) is 7.07. The topological polar surface area (TPSA) is 26.0 Å². The average Bonchev–Trinajstić information content (AvgIpc) is 2.84. The van der Waals surface area contributed by atoms with E-state index in [1.54, 1.807) is 11.3 Å². The van der Waals surface area contributed by atoms with Crippen molar-refractivity contribution < 1.29 is 0 Å². The van der Waals surface area contributed by atoms with Gasteiger partial charge >= 0.3 is 0 Å². The minimum Gasteiger partial charge on any atom is -0.320 e. The van der Waals surface area contributed by atoms with E-state index in [2.05, 4.69) is 76.5 Å². The van der Waals surface area contributed by atoms with Gasteiger partial charge in [0.1, 0.15) is 0 Å². The molecule has 0 aliphatic heterocycles. The molecule has 0 amide bonds. The van der Waals surface area contributed by atoms with E-state index in [1.807, 2.05) is 0 Å². The van der Waals surface area contributed by atoms with E-state index in [0.29, 0.717) is 0 Å². The van der Waals surface area contributed by atoms with Crippen LogP contribution in [0.2, 0.25) is 0 Å². The highest BCUT2D eigenvalue weighted by Crippen LogP contribution is 2.27. The van der Waals surface area contributed by atoms with E-state index >= 15 is 0 Å². The van der Waals surface area contributed by atoms with Crippen molar-refractivity contribution in [1.82, 2.24) is 0 Å². The summed E-state index contributed by atoms with van der Waals surface area (Å²) in [7, 11) is 0. The molecule has 18 heavy (non-hydrogen) atoms. The monoisotopic (exact) mass is 365 g/mol. The van der Waals surface area contributed by atoms with Crippen LogP contribution >= 0.6 is 33.9 Å². The van der Waals surface area contributed by atoms with E-state index in [-0.39, 0.29) is 6.04 Å². The fourth-order valence-electron chi connectivity index (χ4n) is 2.08. The lowest BCUT2D eigenvalue weighted by Gasteiger charge is -2.11. The van der Waals surface area contributed by atoms with Gasteiger partial charge in [0.25, 0.3) is 0 Å². The van der Waals surface area contributed by atoms with E-state index in [9.17, 15) is 0 Å². The Morgan fingerprint density at radius 3 is 2.44 bits per heavy atom. The minimum atomic E-state index is -0.0330. The van der Waals surface area contributed by atoms with E-state index in [4.69, 9.17) is 5.73 Å². The van der Waals surface area contributed by atoms with Gasteiger partial charge < -0.3 is 5.73 Å². The largest absolute Gasteiger partial charge is 0.320 e. The van der Waals surface area contributed by atoms with Gasteiger partial charge in [-0.3, -0.25) is 0 Å². The molecule has 2 N–H and O–H groups in total. The van der Waals surface area contributed by atoms with Crippen molar-refractivity contribution in [3.63, 3.8) is 0 Å². The third-order valence-corrected chi connectivity index (χ3v) is 4.89. The van der Waals surface area contributed by atoms with Gasteiger partial charge in [0.05, 0.1) is 8.93 Å². The van der Waals surface area contributed by atoms with Crippen LogP contribution < -0.4 is 5.73 Å². The quantitative estimate of drug-likeness (QED) is 0.663. The molecule has 3 heteroatoms. The third kappa shape index (κ3) is 2.30. The van der Waals surface area contributed by atoms with Crippen molar-refractivity contribution in [2.75, 3.05) is 0 Å². The molecule has 0 bridgehead atoms. The molecular weight excluding hydrogens is 353 g/mol. The summed E-state index contributed by atoms with van der Waals surface area (Å²) in [6, 6.07) is 16.9. The first kappa shape index (κ1) is 12.1. The van der Waals surface area contributed by atoms with Crippen LogP contribution in [0.4, 0.5) is 0 Å². The summed E-state index contributed by atoms with van der Waals surface area (Å²) < 4.78 is 1.28. The summed E-state index contributed by atoms with van der Waals surface area (Å²) in [5.74, 6) is 0. The maximum atomic E-state index is 6.32. The lowest BCUT2D eigenvalue weighted by Crippen LogP contribution is -2.10. The molecule has 1 aromatic heterocycles. The molecular formula is C15H12INS. The summed E-state index contributed by atoms with van der Waals surface area (Å²) in [4.78, 5) is 0. The molecule has 1 atom stereocenters. The summed E-state index contributed by atoms with van der Waals surface area (Å²) in [6.07, 6.45) is 0. The van der Waals surface area contributed by atoms with E-state index in [0.717, 1.165) is 0 Å². The Labute approximate surface area is 124 Å². The van der Waals surface area contributed by atoms with Crippen LogP contribution in [0.5, 0.6) is 0 Å². The highest BCUT2D eigenvalue weighted by Gasteiger charge is 2.10. The van der Waals surface area contributed by atoms with E-state index < -0.39 is 0 Å². The van der Waals surface area contributed by atoms with Crippen LogP contribution in [-0.4, -0.2) is 0 Å². The Kier molecular flexibility index (Phi) is 3.37. The average molecular weight is 365 g/mol. The number of hydrogen-bond donors (Lipinski definition) is 1. The van der Waals surface area contributed by atoms with Gasteiger partial charge in [0.15, 0.2) is 0 Å². The first-order chi connectivity index (χ1) is 8.74. The maximum absolute atomic E-state index is 6.32. The lowest BCUT2D eigenvalue weighted by molar-refractivity contribution is 0.878. The first-order valence-corrected chi connectivity index (χ1v) is 7.68. The highest BCUT2D eigenvalue weighted by molar-refractivity contribution is 14.1. The van der Waals surface area contributed by atoms with Gasteiger partial charge in [-0.05, 0) is 62.0 Å². The molecule has 3 rings (SSSR count). The summed E-state index contributed by atoms with van der Waals surface area (Å²) in [5, 5.41) is 4.64. The van der Waals surface area contributed by atoms with Crippen molar-refractivity contribution in [3.05, 3.63) is 67.9 Å². The van der Waals surface area contributed by atoms with E-state index in [1.165, 1.54) is 24.8 Å². The van der Waals surface area contributed by atoms with Crippen LogP contribution in [0.15, 0.2) is 53.9 Å². The van der Waals surface area contributed by atoms with Gasteiger partial charge in [-0.25, -0.2) is 0 Å². The summed E-state index contributed by atoms with van der Waals surface area (Å²) >= 11 is 4.07. The third-order valence-electron chi connectivity index (χ3n) is 3.08. The Bertz CT molecular complexity index is 690. The summed E-state index contributed by atoms with van der Waals surface area (Å²) in [6.45, 7) is 0. The van der Waals surface area contributed by atoms with Crippen molar-refractivity contribution in [2.45, 2.75) is 6.04 Å². The number of nitrogens with two attached hydrogens (primary N) is 1. The number of thiophene rings is 1. The van der Waals surface area contributed by atoms with Gasteiger partial charge in [0, 0.05) is 0 Å². The number of benzene rings is 2. The number of halogens is 1. The maximum Gasteiger partial charge on any atom is 0.0656 e. The Balaban J connectivity index is 2.03. The molecule has 90 valence electrons. The molecule has 3 aromatic rings. The van der Waals surface area contributed by atoms with Crippen molar-refractivity contribution in [3.8, 4) is 0 Å². The predicted molar refractivity (Wildman–Crippen MR) is 87.0 cm³/mol. The Morgan fingerprint density at radius 2 is 1.72 bits per heavy atom. The highest BCUT2D eigenvalue weighted by atomic mass is 127. The van der Waals surface area contributed by atoms with Crippen LogP contribution in [0.1, 0.15) is 17.2 Å². The van der Waals surface area contributed by atoms with Gasteiger partial charge in [-0.1, -0.05) is 36.4 Å². The smallest absolute Gasteiger partial charge is 0.0656 e. The molecule has 0 fully saturated rings. The second-order valence-electron chi connectivity index (χ2n) is 4.27. The zero-order valence-electron chi connectivity index (χ0n) is 9.64. The second kappa shape index (κ2) is 4.99. The number of hydrogen-bond acceptors (Lipinski definition) is 2. The fraction of sp³-hybridized carbons (Fsp3) is 0.0667. The van der Waals surface area contributed by atoms with Gasteiger partial charge in [0.2, 0.25) is 0 Å². The predicted octanol–water partition coefficient (Wildman–Crippen LogP) is 4.55. The van der Waals surface area contributed by atoms with Crippen LogP contribution in [0.3, 0.4) is 0 Å². The molecule has 0 aliphatic carbocycles.